The van der Waals surface area contributed by atoms with Crippen LogP contribution in [0.5, 0.6) is 0 Å². The van der Waals surface area contributed by atoms with Gasteiger partial charge in [-0.3, -0.25) is 0 Å². The molecule has 3 aromatic rings. The molecule has 0 saturated carbocycles. The third kappa shape index (κ3) is 5.06. The number of carboxylic acids is 1. The molecule has 0 bridgehead atoms. The number of hydrogen-bond donors (Lipinski definition) is 2. The van der Waals surface area contributed by atoms with E-state index in [0.29, 0.717) is 5.75 Å². The zero-order chi connectivity index (χ0) is 23.4. The van der Waals surface area contributed by atoms with Gasteiger partial charge in [-0.05, 0) is 36.1 Å². The number of imidazole rings is 1. The van der Waals surface area contributed by atoms with Crippen LogP contribution in [0.3, 0.4) is 0 Å². The number of aliphatic carboxylic acids is 1. The molecule has 1 aromatic heterocycles. The second-order valence-electron chi connectivity index (χ2n) is 8.26. The number of rotatable bonds is 9. The van der Waals surface area contributed by atoms with Gasteiger partial charge in [-0.15, -0.1) is 0 Å². The van der Waals surface area contributed by atoms with E-state index in [1.807, 2.05) is 41.0 Å². The molecule has 0 spiro atoms. The van der Waals surface area contributed by atoms with Gasteiger partial charge >= 0.3 is 12.1 Å². The fourth-order valence-corrected chi connectivity index (χ4v) is 5.16. The highest BCUT2D eigenvalue weighted by Gasteiger charge is 2.29. The summed E-state index contributed by atoms with van der Waals surface area (Å²) in [6.07, 6.45) is 2.82. The van der Waals surface area contributed by atoms with E-state index in [1.54, 1.807) is 12.5 Å². The van der Waals surface area contributed by atoms with Gasteiger partial charge in [0, 0.05) is 35.4 Å². The molecule has 0 radical (unpaired) electrons. The fourth-order valence-electron chi connectivity index (χ4n) is 4.15. The Morgan fingerprint density at radius 1 is 1.12 bits per heavy atom. The van der Waals surface area contributed by atoms with E-state index >= 15 is 0 Å². The lowest BCUT2D eigenvalue weighted by atomic mass is 9.98. The van der Waals surface area contributed by atoms with Crippen LogP contribution in [-0.4, -0.2) is 45.1 Å². The maximum absolute atomic E-state index is 12.5. The highest BCUT2D eigenvalue weighted by Crippen LogP contribution is 2.44. The molecule has 4 rings (SSSR count). The molecule has 0 aliphatic heterocycles. The lowest BCUT2D eigenvalue weighted by Crippen LogP contribution is -2.43. The average molecular weight is 466 g/mol. The van der Waals surface area contributed by atoms with E-state index in [-0.39, 0.29) is 24.3 Å². The van der Waals surface area contributed by atoms with Crippen LogP contribution in [0.4, 0.5) is 4.79 Å². The van der Waals surface area contributed by atoms with Gasteiger partial charge in [0.25, 0.3) is 0 Å². The minimum Gasteiger partial charge on any atom is -0.480 e. The van der Waals surface area contributed by atoms with Crippen LogP contribution in [0, 0.1) is 0 Å². The molecule has 1 amide bonds. The average Bonchev–Trinajstić information content (AvgIpc) is 3.40. The maximum Gasteiger partial charge on any atom is 0.407 e. The number of amides is 1. The van der Waals surface area contributed by atoms with E-state index < -0.39 is 18.1 Å². The summed E-state index contributed by atoms with van der Waals surface area (Å²) in [5.41, 5.74) is 5.52. The van der Waals surface area contributed by atoms with Crippen LogP contribution in [0.25, 0.3) is 11.1 Å². The lowest BCUT2D eigenvalue weighted by molar-refractivity contribution is -0.138. The first-order valence-electron chi connectivity index (χ1n) is 10.9. The van der Waals surface area contributed by atoms with Crippen LogP contribution in [0.1, 0.15) is 42.6 Å². The number of aromatic nitrogens is 2. The molecule has 7 nitrogen and oxygen atoms in total. The molecular formula is C25H27N3O4S. The number of nitrogens with one attached hydrogen (secondary N) is 1. The number of nitrogens with zero attached hydrogens (tertiary/aromatic N) is 2. The zero-order valence-electron chi connectivity index (χ0n) is 18.6. The molecule has 1 atom stereocenters. The number of fused-ring (bicyclic) bond motifs is 3. The molecule has 8 heteroatoms. The largest absolute Gasteiger partial charge is 0.480 e. The SMILES string of the molecule is CC(C)n1cncc1CSCC(NC(=O)OCC1c2ccccc2-c2ccccc21)C(=O)O. The van der Waals surface area contributed by atoms with Gasteiger partial charge in [-0.2, -0.15) is 11.8 Å². The molecule has 1 unspecified atom stereocenters. The van der Waals surface area contributed by atoms with E-state index in [0.717, 1.165) is 27.9 Å². The number of ether oxygens (including phenoxy) is 1. The summed E-state index contributed by atoms with van der Waals surface area (Å²) in [5.74, 6) is -0.331. The molecule has 1 aliphatic rings. The number of alkyl carbamates (subject to hydrolysis) is 1. The van der Waals surface area contributed by atoms with Crippen molar-refractivity contribution < 1.29 is 19.4 Å². The van der Waals surface area contributed by atoms with Crippen molar-refractivity contribution in [1.82, 2.24) is 14.9 Å². The number of carbonyl (C=O) groups is 2. The van der Waals surface area contributed by atoms with Gasteiger partial charge in [0.05, 0.1) is 6.33 Å². The smallest absolute Gasteiger partial charge is 0.407 e. The zero-order valence-corrected chi connectivity index (χ0v) is 19.4. The van der Waals surface area contributed by atoms with E-state index in [1.165, 1.54) is 11.8 Å². The van der Waals surface area contributed by atoms with Crippen LogP contribution < -0.4 is 5.32 Å². The molecule has 0 fully saturated rings. The van der Waals surface area contributed by atoms with Gasteiger partial charge in [0.15, 0.2) is 0 Å². The first kappa shape index (κ1) is 22.9. The quantitative estimate of drug-likeness (QED) is 0.476. The summed E-state index contributed by atoms with van der Waals surface area (Å²) in [4.78, 5) is 28.3. The maximum atomic E-state index is 12.5. The Labute approximate surface area is 197 Å². The number of carbonyl (C=O) groups excluding carboxylic acids is 1. The number of carboxylic acid groups (broad SMARTS) is 1. The summed E-state index contributed by atoms with van der Waals surface area (Å²) in [6.45, 7) is 4.27. The van der Waals surface area contributed by atoms with Crippen molar-refractivity contribution in [3.05, 3.63) is 77.9 Å². The molecular weight excluding hydrogens is 438 g/mol. The van der Waals surface area contributed by atoms with Gasteiger partial charge in [-0.25, -0.2) is 14.6 Å². The van der Waals surface area contributed by atoms with Gasteiger partial charge in [0.2, 0.25) is 0 Å². The minimum absolute atomic E-state index is 0.0721. The normalized spacial score (nSPS) is 13.4. The van der Waals surface area contributed by atoms with Crippen molar-refractivity contribution in [2.45, 2.75) is 37.6 Å². The Kier molecular flexibility index (Phi) is 7.03. The predicted molar refractivity (Wildman–Crippen MR) is 128 cm³/mol. The van der Waals surface area contributed by atoms with Crippen molar-refractivity contribution in [2.75, 3.05) is 12.4 Å². The topological polar surface area (TPSA) is 93.5 Å². The Morgan fingerprint density at radius 2 is 1.76 bits per heavy atom. The van der Waals surface area contributed by atoms with Gasteiger partial charge < -0.3 is 19.7 Å². The first-order chi connectivity index (χ1) is 16.0. The first-order valence-corrected chi connectivity index (χ1v) is 12.0. The number of benzene rings is 2. The highest BCUT2D eigenvalue weighted by molar-refractivity contribution is 7.98. The fraction of sp³-hybridized carbons (Fsp3) is 0.320. The second-order valence-corrected chi connectivity index (χ2v) is 9.29. The summed E-state index contributed by atoms with van der Waals surface area (Å²) < 4.78 is 7.53. The minimum atomic E-state index is -1.09. The molecule has 2 aromatic carbocycles. The Hall–Kier alpha value is -3.26. The van der Waals surface area contributed by atoms with Crippen LogP contribution in [0.2, 0.25) is 0 Å². The summed E-state index contributed by atoms with van der Waals surface area (Å²) in [7, 11) is 0. The van der Waals surface area contributed by atoms with Crippen LogP contribution in [-0.2, 0) is 15.3 Å². The van der Waals surface area contributed by atoms with Gasteiger partial charge in [0.1, 0.15) is 12.6 Å². The van der Waals surface area contributed by atoms with Crippen molar-refractivity contribution in [1.29, 1.82) is 0 Å². The number of hydrogen-bond acceptors (Lipinski definition) is 5. The van der Waals surface area contributed by atoms with Crippen molar-refractivity contribution in [3.8, 4) is 11.1 Å². The summed E-state index contributed by atoms with van der Waals surface area (Å²) >= 11 is 1.43. The summed E-state index contributed by atoms with van der Waals surface area (Å²) in [6, 6.07) is 15.4. The van der Waals surface area contributed by atoms with Crippen molar-refractivity contribution in [2.24, 2.45) is 0 Å². The molecule has 1 aliphatic carbocycles. The Morgan fingerprint density at radius 3 is 2.36 bits per heavy atom. The van der Waals surface area contributed by atoms with Crippen LogP contribution >= 0.6 is 11.8 Å². The summed E-state index contributed by atoms with van der Waals surface area (Å²) in [5, 5.41) is 12.1. The third-order valence-electron chi connectivity index (χ3n) is 5.77. The lowest BCUT2D eigenvalue weighted by Gasteiger charge is -2.17. The van der Waals surface area contributed by atoms with E-state index in [2.05, 4.69) is 36.3 Å². The standard InChI is InChI=1S/C25H27N3O4S/c1-16(2)28-15-26-11-17(28)13-33-14-23(24(29)30)27-25(31)32-12-22-20-9-5-3-7-18(20)19-8-4-6-10-21(19)22/h3-11,15-16,22-23H,12-14H2,1-2H3,(H,27,31)(H,29,30). The monoisotopic (exact) mass is 465 g/mol. The molecule has 0 saturated heterocycles. The van der Waals surface area contributed by atoms with Crippen molar-refractivity contribution in [3.63, 3.8) is 0 Å². The molecule has 1 heterocycles. The second kappa shape index (κ2) is 10.1. The van der Waals surface area contributed by atoms with Gasteiger partial charge in [-0.1, -0.05) is 48.5 Å². The Balaban J connectivity index is 1.33. The Bertz CT molecular complexity index is 1100. The van der Waals surface area contributed by atoms with Crippen LogP contribution in [0.15, 0.2) is 61.1 Å². The number of thioether (sulfide) groups is 1. The van der Waals surface area contributed by atoms with E-state index in [4.69, 9.17) is 4.74 Å². The molecule has 33 heavy (non-hydrogen) atoms. The molecule has 2 N–H and O–H groups in total. The molecule has 172 valence electrons. The third-order valence-corrected chi connectivity index (χ3v) is 6.84. The predicted octanol–water partition coefficient (Wildman–Crippen LogP) is 4.69. The van der Waals surface area contributed by atoms with Crippen molar-refractivity contribution >= 4 is 23.8 Å². The van der Waals surface area contributed by atoms with E-state index in [9.17, 15) is 14.7 Å². The highest BCUT2D eigenvalue weighted by atomic mass is 32.2.